The zero-order chi connectivity index (χ0) is 12.3. The highest BCUT2D eigenvalue weighted by Gasteiger charge is 2.12. The first-order chi connectivity index (χ1) is 7.33. The van der Waals surface area contributed by atoms with Gasteiger partial charge in [-0.05, 0) is 36.6 Å². The molecule has 0 aliphatic rings. The second-order valence-corrected chi connectivity index (χ2v) is 6.31. The lowest BCUT2D eigenvalue weighted by molar-refractivity contribution is 0.412. The van der Waals surface area contributed by atoms with Crippen LogP contribution in [-0.2, 0) is 15.5 Å². The molecule has 0 aromatic heterocycles. The van der Waals surface area contributed by atoms with Crippen LogP contribution >= 0.6 is 10.7 Å². The standard InChI is InChI=1S/C10H12ClFO3S/c1-7-5-9(15-2)6-8(10(7)12)3-4-16(11,13)14/h5-6H,3-4H2,1-2H3. The van der Waals surface area contributed by atoms with Crippen molar-refractivity contribution in [2.75, 3.05) is 12.9 Å². The molecule has 0 radical (unpaired) electrons. The number of rotatable bonds is 4. The molecule has 0 aliphatic heterocycles. The Bertz CT molecular complexity index is 485. The smallest absolute Gasteiger partial charge is 0.232 e. The van der Waals surface area contributed by atoms with Crippen LogP contribution in [-0.4, -0.2) is 21.3 Å². The van der Waals surface area contributed by atoms with Crippen molar-refractivity contribution < 1.29 is 17.5 Å². The number of hydrogen-bond acceptors (Lipinski definition) is 3. The third-order valence-corrected chi connectivity index (χ3v) is 3.31. The van der Waals surface area contributed by atoms with Crippen molar-refractivity contribution in [1.29, 1.82) is 0 Å². The van der Waals surface area contributed by atoms with E-state index in [2.05, 4.69) is 0 Å². The average molecular weight is 267 g/mol. The Hall–Kier alpha value is -0.810. The largest absolute Gasteiger partial charge is 0.497 e. The number of hydrogen-bond donors (Lipinski definition) is 0. The molecule has 90 valence electrons. The Labute approximate surface area is 98.6 Å². The molecule has 3 nitrogen and oxygen atoms in total. The van der Waals surface area contributed by atoms with Crippen molar-refractivity contribution in [2.24, 2.45) is 0 Å². The van der Waals surface area contributed by atoms with Crippen LogP contribution in [0.4, 0.5) is 4.39 Å². The van der Waals surface area contributed by atoms with Gasteiger partial charge >= 0.3 is 0 Å². The number of ether oxygens (including phenoxy) is 1. The summed E-state index contributed by atoms with van der Waals surface area (Å²) in [5.74, 6) is -0.208. The van der Waals surface area contributed by atoms with E-state index in [0.29, 0.717) is 16.9 Å². The molecule has 0 spiro atoms. The molecule has 1 aromatic rings. The van der Waals surface area contributed by atoms with Gasteiger partial charge in [-0.25, -0.2) is 12.8 Å². The summed E-state index contributed by atoms with van der Waals surface area (Å²) in [4.78, 5) is 0. The molecule has 0 amide bonds. The summed E-state index contributed by atoms with van der Waals surface area (Å²) in [7, 11) is 2.93. The molecule has 16 heavy (non-hydrogen) atoms. The summed E-state index contributed by atoms with van der Waals surface area (Å²) in [5.41, 5.74) is 0.711. The van der Waals surface area contributed by atoms with Gasteiger partial charge in [-0.3, -0.25) is 0 Å². The van der Waals surface area contributed by atoms with E-state index >= 15 is 0 Å². The van der Waals surface area contributed by atoms with Gasteiger partial charge in [-0.15, -0.1) is 0 Å². The zero-order valence-electron chi connectivity index (χ0n) is 8.96. The Balaban J connectivity index is 2.99. The van der Waals surface area contributed by atoms with Crippen LogP contribution in [0.1, 0.15) is 11.1 Å². The van der Waals surface area contributed by atoms with Gasteiger partial charge in [0.1, 0.15) is 11.6 Å². The molecule has 1 rings (SSSR count). The SMILES string of the molecule is COc1cc(C)c(F)c(CCS(=O)(=O)Cl)c1. The second-order valence-electron chi connectivity index (χ2n) is 3.41. The van der Waals surface area contributed by atoms with E-state index in [4.69, 9.17) is 15.4 Å². The van der Waals surface area contributed by atoms with Crippen LogP contribution in [0, 0.1) is 12.7 Å². The van der Waals surface area contributed by atoms with Crippen molar-refractivity contribution in [1.82, 2.24) is 0 Å². The summed E-state index contributed by atoms with van der Waals surface area (Å²) in [5, 5.41) is 0. The van der Waals surface area contributed by atoms with Gasteiger partial charge < -0.3 is 4.74 Å². The molecular formula is C10H12ClFO3S. The van der Waals surface area contributed by atoms with Crippen LogP contribution in [0.3, 0.4) is 0 Å². The van der Waals surface area contributed by atoms with Crippen LogP contribution in [0.15, 0.2) is 12.1 Å². The maximum atomic E-state index is 13.6. The van der Waals surface area contributed by atoms with E-state index in [0.717, 1.165) is 0 Å². The molecule has 0 unspecified atom stereocenters. The van der Waals surface area contributed by atoms with Gasteiger partial charge in [0.2, 0.25) is 9.05 Å². The number of halogens is 2. The molecule has 0 saturated carbocycles. The first-order valence-corrected chi connectivity index (χ1v) is 7.06. The fraction of sp³-hybridized carbons (Fsp3) is 0.400. The van der Waals surface area contributed by atoms with Crippen LogP contribution in [0.2, 0.25) is 0 Å². The monoisotopic (exact) mass is 266 g/mol. The van der Waals surface area contributed by atoms with Gasteiger partial charge in [0.25, 0.3) is 0 Å². The maximum absolute atomic E-state index is 13.6. The molecule has 0 bridgehead atoms. The van der Waals surface area contributed by atoms with Crippen molar-refractivity contribution in [3.63, 3.8) is 0 Å². The molecule has 0 atom stereocenters. The van der Waals surface area contributed by atoms with E-state index in [9.17, 15) is 12.8 Å². The Kier molecular flexibility index (Phi) is 4.15. The Morgan fingerprint density at radius 1 is 1.44 bits per heavy atom. The van der Waals surface area contributed by atoms with Crippen LogP contribution in [0.5, 0.6) is 5.75 Å². The molecular weight excluding hydrogens is 255 g/mol. The topological polar surface area (TPSA) is 43.4 Å². The average Bonchev–Trinajstić information content (AvgIpc) is 2.18. The predicted molar refractivity (Wildman–Crippen MR) is 61.0 cm³/mol. The van der Waals surface area contributed by atoms with Crippen molar-refractivity contribution >= 4 is 19.7 Å². The number of methoxy groups -OCH3 is 1. The fourth-order valence-electron chi connectivity index (χ4n) is 1.34. The van der Waals surface area contributed by atoms with Crippen LogP contribution < -0.4 is 4.74 Å². The lowest BCUT2D eigenvalue weighted by Crippen LogP contribution is -2.04. The van der Waals surface area contributed by atoms with E-state index in [1.54, 1.807) is 13.0 Å². The predicted octanol–water partition coefficient (Wildman–Crippen LogP) is 2.25. The van der Waals surface area contributed by atoms with Gasteiger partial charge in [0.15, 0.2) is 0 Å². The molecule has 0 saturated heterocycles. The highest BCUT2D eigenvalue weighted by Crippen LogP contribution is 2.21. The molecule has 1 aromatic carbocycles. The van der Waals surface area contributed by atoms with Gasteiger partial charge in [0.05, 0.1) is 12.9 Å². The van der Waals surface area contributed by atoms with Crippen molar-refractivity contribution in [2.45, 2.75) is 13.3 Å². The summed E-state index contributed by atoms with van der Waals surface area (Å²) < 4.78 is 40.1. The van der Waals surface area contributed by atoms with Gasteiger partial charge in [-0.2, -0.15) is 0 Å². The first kappa shape index (κ1) is 13.3. The lowest BCUT2D eigenvalue weighted by Gasteiger charge is -2.08. The summed E-state index contributed by atoms with van der Waals surface area (Å²) in [6.07, 6.45) is 0.0374. The van der Waals surface area contributed by atoms with E-state index in [1.165, 1.54) is 13.2 Å². The van der Waals surface area contributed by atoms with Crippen molar-refractivity contribution in [3.05, 3.63) is 29.1 Å². The minimum absolute atomic E-state index is 0.0374. The van der Waals surface area contributed by atoms with Gasteiger partial charge in [-0.1, -0.05) is 0 Å². The zero-order valence-corrected chi connectivity index (χ0v) is 10.5. The Morgan fingerprint density at radius 3 is 2.56 bits per heavy atom. The molecule has 0 fully saturated rings. The minimum atomic E-state index is -3.61. The van der Waals surface area contributed by atoms with E-state index in [-0.39, 0.29) is 12.2 Å². The summed E-state index contributed by atoms with van der Waals surface area (Å²) in [6.45, 7) is 1.59. The lowest BCUT2D eigenvalue weighted by atomic mass is 10.1. The number of aryl methyl sites for hydroxylation is 2. The summed E-state index contributed by atoms with van der Waals surface area (Å²) >= 11 is 0. The first-order valence-electron chi connectivity index (χ1n) is 4.59. The fourth-order valence-corrected chi connectivity index (χ4v) is 2.03. The quantitative estimate of drug-likeness (QED) is 0.785. The van der Waals surface area contributed by atoms with E-state index < -0.39 is 14.9 Å². The minimum Gasteiger partial charge on any atom is -0.497 e. The normalized spacial score (nSPS) is 11.5. The highest BCUT2D eigenvalue weighted by atomic mass is 35.7. The van der Waals surface area contributed by atoms with Crippen LogP contribution in [0.25, 0.3) is 0 Å². The second kappa shape index (κ2) is 5.01. The Morgan fingerprint density at radius 2 is 2.06 bits per heavy atom. The third-order valence-electron chi connectivity index (χ3n) is 2.15. The molecule has 0 N–H and O–H groups in total. The van der Waals surface area contributed by atoms with Gasteiger partial charge in [0, 0.05) is 10.7 Å². The van der Waals surface area contributed by atoms with Crippen molar-refractivity contribution in [3.8, 4) is 5.75 Å². The molecule has 0 aliphatic carbocycles. The number of benzene rings is 1. The highest BCUT2D eigenvalue weighted by molar-refractivity contribution is 8.13. The maximum Gasteiger partial charge on any atom is 0.232 e. The third kappa shape index (κ3) is 3.64. The molecule has 6 heteroatoms. The van der Waals surface area contributed by atoms with E-state index in [1.807, 2.05) is 0 Å². The summed E-state index contributed by atoms with van der Waals surface area (Å²) in [6, 6.07) is 3.03. The molecule has 0 heterocycles.